The van der Waals surface area contributed by atoms with Gasteiger partial charge < -0.3 is 20.7 Å². The van der Waals surface area contributed by atoms with Crippen LogP contribution in [0.1, 0.15) is 119 Å². The van der Waals surface area contributed by atoms with Gasteiger partial charge in [-0.2, -0.15) is 11.8 Å². The molecule has 7 heteroatoms. The highest BCUT2D eigenvalue weighted by Gasteiger charge is 2.42. The van der Waals surface area contributed by atoms with Crippen molar-refractivity contribution in [2.75, 3.05) is 5.75 Å². The van der Waals surface area contributed by atoms with Gasteiger partial charge in [-0.3, -0.25) is 0 Å². The van der Waals surface area contributed by atoms with Crippen molar-refractivity contribution in [3.63, 3.8) is 0 Å². The Morgan fingerprint density at radius 2 is 1.69 bits per heavy atom. The summed E-state index contributed by atoms with van der Waals surface area (Å²) in [4.78, 5) is 16.1. The quantitative estimate of drug-likeness (QED) is 0.150. The Bertz CT molecular complexity index is 1830. The van der Waals surface area contributed by atoms with E-state index in [9.17, 15) is 15.0 Å². The predicted molar refractivity (Wildman–Crippen MR) is 218 cm³/mol. The molecule has 52 heavy (non-hydrogen) atoms. The molecule has 0 aliphatic heterocycles. The molecule has 0 saturated heterocycles. The minimum atomic E-state index is -0.963. The second kappa shape index (κ2) is 17.3. The van der Waals surface area contributed by atoms with E-state index in [0.29, 0.717) is 16.5 Å². The molecule has 5 nitrogen and oxygen atoms in total. The molecule has 2 aliphatic rings. The van der Waals surface area contributed by atoms with Gasteiger partial charge in [-0.25, -0.2) is 4.98 Å². The fraction of sp³-hybridized carbons (Fsp3) is 0.467. The van der Waals surface area contributed by atoms with Crippen LogP contribution in [0.25, 0.3) is 23.1 Å². The molecule has 2 saturated carbocycles. The van der Waals surface area contributed by atoms with Gasteiger partial charge in [-0.15, -0.1) is 0 Å². The van der Waals surface area contributed by atoms with E-state index in [0.717, 1.165) is 70.6 Å². The number of carboxylic acid groups (broad SMARTS) is 1. The minimum absolute atomic E-state index is 0.126. The van der Waals surface area contributed by atoms with Crippen molar-refractivity contribution >= 4 is 52.4 Å². The third kappa shape index (κ3) is 11.7. The molecule has 0 spiro atoms. The Hall–Kier alpha value is -3.16. The lowest BCUT2D eigenvalue weighted by Gasteiger charge is -2.35. The molecule has 1 aromatic heterocycles. The Morgan fingerprint density at radius 3 is 2.37 bits per heavy atom. The van der Waals surface area contributed by atoms with E-state index >= 15 is 0 Å². The van der Waals surface area contributed by atoms with Crippen molar-refractivity contribution in [1.82, 2.24) is 4.98 Å². The van der Waals surface area contributed by atoms with Crippen LogP contribution in [-0.2, 0) is 16.8 Å². The van der Waals surface area contributed by atoms with Gasteiger partial charge in [0.1, 0.15) is 0 Å². The summed E-state index contributed by atoms with van der Waals surface area (Å²) in [6, 6.07) is 26.9. The normalized spacial score (nSPS) is 19.2. The zero-order valence-electron chi connectivity index (χ0n) is 31.5. The number of carbonyl (C=O) groups excluding carboxylic acids is 1. The molecule has 4 aromatic rings. The lowest BCUT2D eigenvalue weighted by atomic mass is 9.71. The number of thioether (sulfide) groups is 1. The van der Waals surface area contributed by atoms with Crippen molar-refractivity contribution < 1.29 is 15.0 Å². The van der Waals surface area contributed by atoms with Crippen LogP contribution < -0.4 is 10.8 Å². The average Bonchev–Trinajstić information content (AvgIpc) is 3.85. The van der Waals surface area contributed by atoms with E-state index in [1.165, 1.54) is 31.2 Å². The number of fused-ring (bicyclic) bond motifs is 1. The maximum Gasteiger partial charge on any atom is 0.0843 e. The van der Waals surface area contributed by atoms with Crippen molar-refractivity contribution in [2.45, 2.75) is 109 Å². The van der Waals surface area contributed by atoms with Crippen molar-refractivity contribution in [3.8, 4) is 0 Å². The van der Waals surface area contributed by atoms with E-state index in [-0.39, 0.29) is 17.1 Å². The fourth-order valence-electron chi connectivity index (χ4n) is 7.33. The first-order chi connectivity index (χ1) is 24.6. The Balaban J connectivity index is 0.000000407. The highest BCUT2D eigenvalue weighted by atomic mass is 35.5. The van der Waals surface area contributed by atoms with Crippen molar-refractivity contribution in [1.29, 1.82) is 0 Å². The molecule has 2 aliphatic carbocycles. The number of hydrogen-bond acceptors (Lipinski definition) is 6. The number of aliphatic hydroxyl groups is 1. The molecule has 0 amide bonds. The maximum absolute atomic E-state index is 11.4. The number of carboxylic acids is 1. The summed E-state index contributed by atoms with van der Waals surface area (Å²) < 4.78 is 0. The highest BCUT2D eigenvalue weighted by Crippen LogP contribution is 2.53. The minimum Gasteiger partial charge on any atom is -0.550 e. The molecular formula is C45H56ClN2O3S-. The predicted octanol–water partition coefficient (Wildman–Crippen LogP) is 10.2. The lowest BCUT2D eigenvalue weighted by Crippen LogP contribution is -2.31. The van der Waals surface area contributed by atoms with Gasteiger partial charge in [0.25, 0.3) is 0 Å². The summed E-state index contributed by atoms with van der Waals surface area (Å²) in [6.45, 7) is 10.7. The SMILES string of the molecule is CC(C)(C)C1CCC(N)CC1.CC(C)(O)c1ccccc1CC[C@@H](SCC1(CC(=O)[O-])CC1)c1cccc(/C=C/c2ccc3ccc(Cl)cc3n2)c1. The molecular weight excluding hydrogens is 684 g/mol. The van der Waals surface area contributed by atoms with E-state index < -0.39 is 11.6 Å². The van der Waals surface area contributed by atoms with Gasteiger partial charge in [-0.05, 0) is 141 Å². The second-order valence-corrected chi connectivity index (χ2v) is 18.3. The van der Waals surface area contributed by atoms with Crippen LogP contribution in [0.3, 0.4) is 0 Å². The molecule has 0 radical (unpaired) electrons. The number of nitrogens with zero attached hydrogens (tertiary/aromatic N) is 1. The lowest BCUT2D eigenvalue weighted by molar-refractivity contribution is -0.307. The van der Waals surface area contributed by atoms with E-state index in [2.05, 4.69) is 57.2 Å². The van der Waals surface area contributed by atoms with Gasteiger partial charge in [0, 0.05) is 27.7 Å². The van der Waals surface area contributed by atoms with Crippen LogP contribution in [0.15, 0.2) is 78.9 Å². The fourth-order valence-corrected chi connectivity index (χ4v) is 9.06. The summed E-state index contributed by atoms with van der Waals surface area (Å²) in [5.41, 5.74) is 11.4. The van der Waals surface area contributed by atoms with Gasteiger partial charge >= 0.3 is 0 Å². The zero-order valence-corrected chi connectivity index (χ0v) is 33.1. The number of rotatable bonds is 12. The largest absolute Gasteiger partial charge is 0.550 e. The van der Waals surface area contributed by atoms with Crippen LogP contribution in [0.4, 0.5) is 0 Å². The van der Waals surface area contributed by atoms with Gasteiger partial charge in [0.15, 0.2) is 0 Å². The first kappa shape index (κ1) is 40.0. The molecule has 3 aromatic carbocycles. The summed E-state index contributed by atoms with van der Waals surface area (Å²) in [7, 11) is 0. The number of aliphatic carboxylic acids is 1. The van der Waals surface area contributed by atoms with Crippen LogP contribution in [0, 0.1) is 16.7 Å². The molecule has 3 N–H and O–H groups in total. The van der Waals surface area contributed by atoms with Gasteiger partial charge in [-0.1, -0.05) is 99.1 Å². The van der Waals surface area contributed by atoms with Crippen molar-refractivity contribution in [3.05, 3.63) is 112 Å². The number of benzene rings is 3. The Labute approximate surface area is 320 Å². The molecule has 0 unspecified atom stereocenters. The highest BCUT2D eigenvalue weighted by molar-refractivity contribution is 7.99. The van der Waals surface area contributed by atoms with Crippen LogP contribution in [0.5, 0.6) is 0 Å². The Kier molecular flexibility index (Phi) is 13.3. The number of halogens is 1. The third-order valence-corrected chi connectivity index (χ3v) is 12.7. The van der Waals surface area contributed by atoms with Crippen LogP contribution in [0.2, 0.25) is 5.02 Å². The number of nitrogens with two attached hydrogens (primary N) is 1. The van der Waals surface area contributed by atoms with Crippen molar-refractivity contribution in [2.24, 2.45) is 22.5 Å². The molecule has 6 rings (SSSR count). The van der Waals surface area contributed by atoms with Crippen LogP contribution in [-0.4, -0.2) is 27.9 Å². The molecule has 1 atom stereocenters. The summed E-state index contributed by atoms with van der Waals surface area (Å²) in [5, 5.41) is 24.0. The first-order valence-corrected chi connectivity index (χ1v) is 20.3. The number of pyridine rings is 1. The van der Waals surface area contributed by atoms with E-state index in [1.807, 2.05) is 80.2 Å². The number of carbonyl (C=O) groups is 1. The third-order valence-electron chi connectivity index (χ3n) is 10.8. The number of hydrogen-bond donors (Lipinski definition) is 2. The summed E-state index contributed by atoms with van der Waals surface area (Å²) in [6.07, 6.45) is 12.9. The number of aryl methyl sites for hydroxylation is 1. The Morgan fingerprint density at radius 1 is 0.981 bits per heavy atom. The molecule has 2 fully saturated rings. The smallest absolute Gasteiger partial charge is 0.0843 e. The standard InChI is InChI=1S/C35H36ClNO3S.C10H21N/c1-34(2,40)30-9-4-3-7-25(30)13-17-32(41-23-35(18-19-35)22-33(38)39)27-8-5-6-24(20-27)10-15-29-16-12-26-11-14-28(36)21-31(26)37-29;1-10(2,3)8-4-6-9(11)7-5-8/h3-12,14-16,20-21,32,40H,13,17-19,22-23H2,1-2H3,(H,38,39);8-9H,4-7,11H2,1-3H3/p-1/b15-10+;/t32-;/m1./s1. The van der Waals surface area contributed by atoms with E-state index in [4.69, 9.17) is 22.3 Å². The first-order valence-electron chi connectivity index (χ1n) is 18.8. The van der Waals surface area contributed by atoms with E-state index in [1.54, 1.807) is 0 Å². The van der Waals surface area contributed by atoms with Crippen LogP contribution >= 0.6 is 23.4 Å². The second-order valence-electron chi connectivity index (χ2n) is 16.7. The maximum atomic E-state index is 11.4. The molecule has 0 bridgehead atoms. The van der Waals surface area contributed by atoms with Gasteiger partial charge in [0.2, 0.25) is 0 Å². The molecule has 1 heterocycles. The summed E-state index contributed by atoms with van der Waals surface area (Å²) in [5.74, 6) is 0.736. The zero-order chi connectivity index (χ0) is 37.5. The summed E-state index contributed by atoms with van der Waals surface area (Å²) >= 11 is 8.01. The number of aromatic nitrogens is 1. The monoisotopic (exact) mass is 739 g/mol. The van der Waals surface area contributed by atoms with Gasteiger partial charge in [0.05, 0.1) is 16.8 Å². The molecule has 278 valence electrons. The average molecular weight is 740 g/mol. The topological polar surface area (TPSA) is 99.3 Å².